The average molecular weight is 718 g/mol. The number of fused-ring (bicyclic) bond motifs is 6. The fourth-order valence-corrected chi connectivity index (χ4v) is 7.22. The largest absolute Gasteiger partial charge is 0.387 e. The molecule has 24 nitrogen and oxygen atoms in total. The summed E-state index contributed by atoms with van der Waals surface area (Å²) in [4.78, 5) is 66.6. The van der Waals surface area contributed by atoms with Crippen LogP contribution in [0.5, 0.6) is 0 Å². The number of aliphatic hydroxyl groups excluding tert-OH is 2. The van der Waals surface area contributed by atoms with Crippen molar-refractivity contribution >= 4 is 49.4 Å². The highest BCUT2D eigenvalue weighted by Gasteiger charge is 2.50. The summed E-state index contributed by atoms with van der Waals surface area (Å²) in [5, 5.41) is 22.2. The van der Waals surface area contributed by atoms with Crippen molar-refractivity contribution < 1.29 is 57.1 Å². The number of ether oxygens (including phenoxy) is 4. The van der Waals surface area contributed by atoms with E-state index in [1.807, 2.05) is 0 Å². The first-order valence-electron chi connectivity index (χ1n) is 14.0. The van der Waals surface area contributed by atoms with Gasteiger partial charge < -0.3 is 59.5 Å². The maximum atomic E-state index is 13.1. The van der Waals surface area contributed by atoms with E-state index in [2.05, 4.69) is 29.9 Å². The Balaban J connectivity index is 1.19. The first-order valence-corrected chi connectivity index (χ1v) is 17.5. The van der Waals surface area contributed by atoms with Crippen molar-refractivity contribution in [2.45, 2.75) is 49.1 Å². The highest BCUT2D eigenvalue weighted by molar-refractivity contribution is 7.52. The summed E-state index contributed by atoms with van der Waals surface area (Å²) >= 11 is 0. The van der Waals surface area contributed by atoms with Gasteiger partial charge in [-0.25, -0.2) is 9.97 Å². The Bertz CT molecular complexity index is 1940. The summed E-state index contributed by atoms with van der Waals surface area (Å²) in [5.74, 6) is -0.525. The highest BCUT2D eigenvalue weighted by Crippen LogP contribution is 2.48. The van der Waals surface area contributed by atoms with Gasteiger partial charge in [-0.2, -0.15) is 9.97 Å². The molecule has 3 aliphatic rings. The molecule has 10 N–H and O–H groups in total. The van der Waals surface area contributed by atoms with Gasteiger partial charge in [0.25, 0.3) is 11.1 Å². The molecule has 3 fully saturated rings. The topological polar surface area (TPSA) is 350 Å². The van der Waals surface area contributed by atoms with Crippen LogP contribution in [0.2, 0.25) is 0 Å². The summed E-state index contributed by atoms with van der Waals surface area (Å²) < 4.78 is 62.0. The fourth-order valence-electron chi connectivity index (χ4n) is 5.59. The quantitative estimate of drug-likeness (QED) is 0.0959. The number of hydrogen-bond donors (Lipinski definition) is 8. The molecule has 26 heteroatoms. The van der Waals surface area contributed by atoms with Crippen molar-refractivity contribution in [2.75, 3.05) is 37.4 Å². The maximum absolute atomic E-state index is 13.1. The van der Waals surface area contributed by atoms with E-state index in [1.54, 1.807) is 0 Å². The minimum Gasteiger partial charge on any atom is -0.387 e. The standard InChI is InChI=1S/C22H28N10O14P2/c23-21-27-15-9(17(35)29-21)25-3-31(15)19-13-11(33)7(45-19)1-43-47(37,38)5-41-14-12(34)8(2-44-48(39,40)6-42-13)46-20(14)32-4-26-10-16(32)28-22(24)30-18(10)36/h3-4,7-8,11-14,19-20,33-34H,1-2,5-6H2,(H,37,38)(H,39,40)(H3,23,27,29,35)(H3,24,28,30,36)/t7-,8-,11-,12-,13-,14-,19-,20-/m1/s1. The Morgan fingerprint density at radius 1 is 0.750 bits per heavy atom. The van der Waals surface area contributed by atoms with Gasteiger partial charge in [0.2, 0.25) is 11.9 Å². The van der Waals surface area contributed by atoms with Crippen LogP contribution in [0.4, 0.5) is 11.9 Å². The zero-order valence-electron chi connectivity index (χ0n) is 24.2. The SMILES string of the molecule is Nc1nc2c(ncn2[C@@H]2O[C@@H]3COP(=O)(O)CO[C@@H]4[C@H](O)[C@@H](COP(=O)(O)CO[C@@H]2[C@@H]3O)O[C@H]4n2cnc3c(=O)[nH]c(N)nc32)c(=O)[nH]1. The lowest BCUT2D eigenvalue weighted by molar-refractivity contribution is -0.0711. The van der Waals surface area contributed by atoms with Gasteiger partial charge in [-0.1, -0.05) is 0 Å². The Kier molecular flexibility index (Phi) is 8.25. The van der Waals surface area contributed by atoms with Crippen molar-refractivity contribution in [3.8, 4) is 0 Å². The molecule has 0 radical (unpaired) electrons. The smallest absolute Gasteiger partial charge is 0.353 e. The number of aliphatic hydroxyl groups is 2. The summed E-state index contributed by atoms with van der Waals surface area (Å²) in [6.45, 7) is -1.45. The molecule has 0 spiro atoms. The zero-order chi connectivity index (χ0) is 34.1. The van der Waals surface area contributed by atoms with Crippen LogP contribution in [0.25, 0.3) is 22.3 Å². The number of nitrogen functional groups attached to an aromatic ring is 2. The van der Waals surface area contributed by atoms with Gasteiger partial charge in [0, 0.05) is 0 Å². The molecule has 4 aromatic heterocycles. The second kappa shape index (κ2) is 12.0. The fraction of sp³-hybridized carbons (Fsp3) is 0.545. The van der Waals surface area contributed by atoms with Crippen molar-refractivity contribution in [3.63, 3.8) is 0 Å². The molecule has 7 rings (SSSR count). The number of rotatable bonds is 2. The molecule has 2 unspecified atom stereocenters. The molecule has 0 saturated carbocycles. The number of imidazole rings is 2. The molecule has 4 bridgehead atoms. The van der Waals surface area contributed by atoms with Gasteiger partial charge in [-0.3, -0.25) is 37.8 Å². The van der Waals surface area contributed by atoms with Gasteiger partial charge in [0.1, 0.15) is 49.3 Å². The molecular formula is C22H28N10O14P2. The first kappa shape index (κ1) is 32.9. The van der Waals surface area contributed by atoms with Crippen LogP contribution >= 0.6 is 15.2 Å². The number of nitrogens with two attached hydrogens (primary N) is 2. The van der Waals surface area contributed by atoms with E-state index in [-0.39, 0.29) is 34.2 Å². The Labute approximate surface area is 265 Å². The molecule has 0 amide bonds. The Hall–Kier alpha value is -3.64. The lowest BCUT2D eigenvalue weighted by atomic mass is 10.1. The molecule has 0 aliphatic carbocycles. The average Bonchev–Trinajstić information content (AvgIpc) is 3.76. The van der Waals surface area contributed by atoms with E-state index >= 15 is 0 Å². The minimum absolute atomic E-state index is 0.0796. The number of aromatic amines is 2. The van der Waals surface area contributed by atoms with E-state index in [4.69, 9.17) is 39.5 Å². The number of hydrogen-bond acceptors (Lipinski definition) is 18. The minimum atomic E-state index is -4.67. The predicted molar refractivity (Wildman–Crippen MR) is 156 cm³/mol. The lowest BCUT2D eigenvalue weighted by Gasteiger charge is -2.24. The summed E-state index contributed by atoms with van der Waals surface area (Å²) in [6, 6.07) is 0. The highest BCUT2D eigenvalue weighted by atomic mass is 31.2. The normalized spacial score (nSPS) is 36.6. The molecule has 0 aromatic carbocycles. The van der Waals surface area contributed by atoms with Gasteiger partial charge >= 0.3 is 15.2 Å². The molecule has 3 saturated heterocycles. The van der Waals surface area contributed by atoms with Crippen LogP contribution in [-0.2, 0) is 37.1 Å². The van der Waals surface area contributed by atoms with Crippen molar-refractivity contribution in [1.29, 1.82) is 0 Å². The van der Waals surface area contributed by atoms with E-state index in [9.17, 15) is 38.7 Å². The summed E-state index contributed by atoms with van der Waals surface area (Å²) in [7, 11) is -9.33. The molecule has 260 valence electrons. The van der Waals surface area contributed by atoms with Gasteiger partial charge in [0.15, 0.2) is 34.8 Å². The first-order chi connectivity index (χ1) is 22.7. The molecule has 3 aliphatic heterocycles. The van der Waals surface area contributed by atoms with Gasteiger partial charge in [-0.05, 0) is 0 Å². The number of nitrogens with zero attached hydrogens (tertiary/aromatic N) is 6. The van der Waals surface area contributed by atoms with Crippen LogP contribution in [-0.4, -0.2) is 122 Å². The third-order valence-corrected chi connectivity index (χ3v) is 9.87. The van der Waals surface area contributed by atoms with E-state index in [0.717, 1.165) is 12.7 Å². The van der Waals surface area contributed by atoms with Crippen molar-refractivity contribution in [3.05, 3.63) is 33.4 Å². The predicted octanol–water partition coefficient (Wildman–Crippen LogP) is -2.96. The van der Waals surface area contributed by atoms with E-state index in [0.29, 0.717) is 0 Å². The molecule has 10 atom stereocenters. The van der Waals surface area contributed by atoms with Gasteiger partial charge in [0.05, 0.1) is 25.9 Å². The second-order valence-corrected chi connectivity index (χ2v) is 14.6. The van der Waals surface area contributed by atoms with E-state index < -0.39 is 101 Å². The Morgan fingerprint density at radius 3 is 1.54 bits per heavy atom. The number of nitrogens with one attached hydrogen (secondary N) is 2. The lowest BCUT2D eigenvalue weighted by Crippen LogP contribution is -2.37. The monoisotopic (exact) mass is 718 g/mol. The van der Waals surface area contributed by atoms with Crippen molar-refractivity contribution in [2.24, 2.45) is 0 Å². The number of H-pyrrole nitrogens is 2. The van der Waals surface area contributed by atoms with Crippen LogP contribution in [0, 0.1) is 0 Å². The molecule has 7 heterocycles. The third kappa shape index (κ3) is 5.95. The zero-order valence-corrected chi connectivity index (χ0v) is 26.0. The van der Waals surface area contributed by atoms with Crippen LogP contribution < -0.4 is 22.6 Å². The Morgan fingerprint density at radius 2 is 1.15 bits per heavy atom. The molecule has 4 aromatic rings. The van der Waals surface area contributed by atoms with Crippen LogP contribution in [0.1, 0.15) is 12.5 Å². The van der Waals surface area contributed by atoms with Crippen LogP contribution in [0.15, 0.2) is 22.2 Å². The number of aromatic nitrogens is 8. The summed E-state index contributed by atoms with van der Waals surface area (Å²) in [6.07, 6.45) is -11.5. The molecule has 48 heavy (non-hydrogen) atoms. The van der Waals surface area contributed by atoms with Crippen LogP contribution in [0.3, 0.4) is 0 Å². The number of anilines is 2. The maximum Gasteiger partial charge on any atom is 0.353 e. The second-order valence-electron chi connectivity index (χ2n) is 11.0. The third-order valence-electron chi connectivity index (χ3n) is 7.82. The van der Waals surface area contributed by atoms with Crippen molar-refractivity contribution in [1.82, 2.24) is 39.0 Å². The van der Waals surface area contributed by atoms with E-state index in [1.165, 1.54) is 9.13 Å². The summed E-state index contributed by atoms with van der Waals surface area (Å²) in [5.41, 5.74) is 9.56. The van der Waals surface area contributed by atoms with Gasteiger partial charge in [-0.15, -0.1) is 0 Å². The molecular weight excluding hydrogens is 690 g/mol.